The van der Waals surface area contributed by atoms with Crippen molar-refractivity contribution in [1.29, 1.82) is 0 Å². The number of amides is 1. The summed E-state index contributed by atoms with van der Waals surface area (Å²) in [5.74, 6) is 0.554. The zero-order valence-electron chi connectivity index (χ0n) is 9.60. The van der Waals surface area contributed by atoms with Crippen LogP contribution in [0, 0.1) is 5.92 Å². The molecule has 0 bridgehead atoms. The van der Waals surface area contributed by atoms with Gasteiger partial charge in [0, 0.05) is 24.3 Å². The standard InChI is InChI=1S/C11H18N4O/c1-7(2)9(12)6-15-10-5-8(11(13)16)3-4-14-10/h3-5,7,9H,6,12H2,1-2H3,(H2,13,16)(H,14,15). The van der Waals surface area contributed by atoms with E-state index in [0.717, 1.165) is 0 Å². The molecule has 1 aromatic rings. The molecule has 0 aromatic carbocycles. The molecule has 0 fully saturated rings. The number of anilines is 1. The minimum absolute atomic E-state index is 0.0547. The number of primary amides is 1. The fourth-order valence-electron chi connectivity index (χ4n) is 1.14. The highest BCUT2D eigenvalue weighted by Gasteiger charge is 2.08. The smallest absolute Gasteiger partial charge is 0.248 e. The van der Waals surface area contributed by atoms with E-state index in [2.05, 4.69) is 24.1 Å². The number of nitrogens with zero attached hydrogens (tertiary/aromatic N) is 1. The SMILES string of the molecule is CC(C)C(N)CNc1cc(C(N)=O)ccn1. The number of hydrogen-bond donors (Lipinski definition) is 3. The first-order chi connectivity index (χ1) is 7.50. The van der Waals surface area contributed by atoms with Gasteiger partial charge in [-0.3, -0.25) is 4.79 Å². The van der Waals surface area contributed by atoms with Crippen LogP contribution in [0.3, 0.4) is 0 Å². The molecule has 88 valence electrons. The first-order valence-electron chi connectivity index (χ1n) is 5.26. The zero-order valence-corrected chi connectivity index (χ0v) is 9.60. The molecule has 1 amide bonds. The minimum atomic E-state index is -0.460. The van der Waals surface area contributed by atoms with Crippen molar-refractivity contribution in [2.75, 3.05) is 11.9 Å². The van der Waals surface area contributed by atoms with Gasteiger partial charge in [-0.2, -0.15) is 0 Å². The molecule has 0 aliphatic rings. The van der Waals surface area contributed by atoms with Gasteiger partial charge in [0.2, 0.25) is 5.91 Å². The number of carbonyl (C=O) groups excluding carboxylic acids is 1. The van der Waals surface area contributed by atoms with Gasteiger partial charge in [-0.15, -0.1) is 0 Å². The molecule has 0 spiro atoms. The minimum Gasteiger partial charge on any atom is -0.368 e. The van der Waals surface area contributed by atoms with Gasteiger partial charge in [0.25, 0.3) is 0 Å². The maximum absolute atomic E-state index is 10.9. The van der Waals surface area contributed by atoms with Crippen molar-refractivity contribution in [3.05, 3.63) is 23.9 Å². The fourth-order valence-corrected chi connectivity index (χ4v) is 1.14. The van der Waals surface area contributed by atoms with E-state index in [-0.39, 0.29) is 6.04 Å². The van der Waals surface area contributed by atoms with E-state index in [4.69, 9.17) is 11.5 Å². The van der Waals surface area contributed by atoms with Gasteiger partial charge in [-0.25, -0.2) is 4.98 Å². The van der Waals surface area contributed by atoms with Gasteiger partial charge in [0.1, 0.15) is 5.82 Å². The molecule has 1 atom stereocenters. The first kappa shape index (κ1) is 12.4. The molecule has 0 radical (unpaired) electrons. The molecule has 0 aliphatic carbocycles. The average molecular weight is 222 g/mol. The van der Waals surface area contributed by atoms with Gasteiger partial charge in [-0.1, -0.05) is 13.8 Å². The van der Waals surface area contributed by atoms with Crippen LogP contribution in [-0.2, 0) is 0 Å². The van der Waals surface area contributed by atoms with E-state index in [1.165, 1.54) is 0 Å². The van der Waals surface area contributed by atoms with Crippen LogP contribution in [0.15, 0.2) is 18.3 Å². The molecule has 0 aliphatic heterocycles. The predicted molar refractivity (Wildman–Crippen MR) is 64.1 cm³/mol. The van der Waals surface area contributed by atoms with Crippen LogP contribution in [0.4, 0.5) is 5.82 Å². The molecule has 1 aromatic heterocycles. The van der Waals surface area contributed by atoms with Gasteiger partial charge < -0.3 is 16.8 Å². The topological polar surface area (TPSA) is 94.0 Å². The van der Waals surface area contributed by atoms with E-state index < -0.39 is 5.91 Å². The average Bonchev–Trinajstić information content (AvgIpc) is 2.26. The number of nitrogens with two attached hydrogens (primary N) is 2. The summed E-state index contributed by atoms with van der Waals surface area (Å²) in [6, 6.07) is 3.25. The molecule has 5 N–H and O–H groups in total. The number of hydrogen-bond acceptors (Lipinski definition) is 4. The highest BCUT2D eigenvalue weighted by Crippen LogP contribution is 2.07. The largest absolute Gasteiger partial charge is 0.368 e. The molecular weight excluding hydrogens is 204 g/mol. The van der Waals surface area contributed by atoms with E-state index in [0.29, 0.717) is 23.8 Å². The molecule has 1 unspecified atom stereocenters. The van der Waals surface area contributed by atoms with Gasteiger partial charge in [0.15, 0.2) is 0 Å². The van der Waals surface area contributed by atoms with Crippen molar-refractivity contribution in [2.45, 2.75) is 19.9 Å². The molecule has 0 saturated heterocycles. The van der Waals surface area contributed by atoms with Crippen molar-refractivity contribution in [1.82, 2.24) is 4.98 Å². The van der Waals surface area contributed by atoms with Crippen LogP contribution in [0.2, 0.25) is 0 Å². The molecule has 5 nitrogen and oxygen atoms in total. The Balaban J connectivity index is 2.61. The number of aromatic nitrogens is 1. The maximum Gasteiger partial charge on any atom is 0.248 e. The predicted octanol–water partition coefficient (Wildman–Crippen LogP) is 0.576. The van der Waals surface area contributed by atoms with Crippen molar-refractivity contribution in [3.8, 4) is 0 Å². The van der Waals surface area contributed by atoms with Crippen LogP contribution >= 0.6 is 0 Å². The van der Waals surface area contributed by atoms with Crippen molar-refractivity contribution < 1.29 is 4.79 Å². The third-order valence-corrected chi connectivity index (χ3v) is 2.42. The Morgan fingerprint density at radius 3 is 2.81 bits per heavy atom. The molecule has 16 heavy (non-hydrogen) atoms. The lowest BCUT2D eigenvalue weighted by Gasteiger charge is -2.16. The fraction of sp³-hybridized carbons (Fsp3) is 0.455. The molecule has 5 heteroatoms. The molecular formula is C11H18N4O. The number of pyridine rings is 1. The third kappa shape index (κ3) is 3.51. The Morgan fingerprint density at radius 2 is 2.25 bits per heavy atom. The first-order valence-corrected chi connectivity index (χ1v) is 5.26. The van der Waals surface area contributed by atoms with Crippen LogP contribution in [0.5, 0.6) is 0 Å². The maximum atomic E-state index is 10.9. The van der Waals surface area contributed by atoms with Crippen LogP contribution < -0.4 is 16.8 Å². The summed E-state index contributed by atoms with van der Waals surface area (Å²) in [7, 11) is 0. The highest BCUT2D eigenvalue weighted by molar-refractivity contribution is 5.93. The molecule has 1 heterocycles. The van der Waals surface area contributed by atoms with E-state index in [9.17, 15) is 4.79 Å². The number of nitrogens with one attached hydrogen (secondary N) is 1. The lowest BCUT2D eigenvalue weighted by molar-refractivity contribution is 0.1000. The van der Waals surface area contributed by atoms with E-state index in [1.807, 2.05) is 0 Å². The van der Waals surface area contributed by atoms with Crippen molar-refractivity contribution >= 4 is 11.7 Å². The molecule has 1 rings (SSSR count). The van der Waals surface area contributed by atoms with Crippen molar-refractivity contribution in [3.63, 3.8) is 0 Å². The van der Waals surface area contributed by atoms with Crippen LogP contribution in [0.1, 0.15) is 24.2 Å². The van der Waals surface area contributed by atoms with E-state index in [1.54, 1.807) is 18.3 Å². The summed E-state index contributed by atoms with van der Waals surface area (Å²) in [6.07, 6.45) is 1.54. The van der Waals surface area contributed by atoms with Gasteiger partial charge in [0.05, 0.1) is 0 Å². The Hall–Kier alpha value is -1.62. The summed E-state index contributed by atoms with van der Waals surface area (Å²) in [5.41, 5.74) is 11.5. The second kappa shape index (κ2) is 5.46. The van der Waals surface area contributed by atoms with Crippen LogP contribution in [0.25, 0.3) is 0 Å². The van der Waals surface area contributed by atoms with Crippen molar-refractivity contribution in [2.24, 2.45) is 17.4 Å². The zero-order chi connectivity index (χ0) is 12.1. The second-order valence-electron chi connectivity index (χ2n) is 4.08. The summed E-state index contributed by atoms with van der Waals surface area (Å²) < 4.78 is 0. The highest BCUT2D eigenvalue weighted by atomic mass is 16.1. The second-order valence-corrected chi connectivity index (χ2v) is 4.08. The Bertz CT molecular complexity index is 365. The van der Waals surface area contributed by atoms with Crippen LogP contribution in [-0.4, -0.2) is 23.5 Å². The quantitative estimate of drug-likeness (QED) is 0.679. The summed E-state index contributed by atoms with van der Waals surface area (Å²) in [5, 5.41) is 3.08. The third-order valence-electron chi connectivity index (χ3n) is 2.42. The van der Waals surface area contributed by atoms with E-state index >= 15 is 0 Å². The Kier molecular flexibility index (Phi) is 4.25. The monoisotopic (exact) mass is 222 g/mol. The van der Waals surface area contributed by atoms with Gasteiger partial charge >= 0.3 is 0 Å². The summed E-state index contributed by atoms with van der Waals surface area (Å²) in [6.45, 7) is 4.73. The number of rotatable bonds is 5. The lowest BCUT2D eigenvalue weighted by Crippen LogP contribution is -2.34. The lowest BCUT2D eigenvalue weighted by atomic mass is 10.1. The normalized spacial score (nSPS) is 12.5. The Labute approximate surface area is 95.2 Å². The molecule has 0 saturated carbocycles. The number of carbonyl (C=O) groups is 1. The summed E-state index contributed by atoms with van der Waals surface area (Å²) >= 11 is 0. The summed E-state index contributed by atoms with van der Waals surface area (Å²) in [4.78, 5) is 15.0. The van der Waals surface area contributed by atoms with Gasteiger partial charge in [-0.05, 0) is 18.1 Å². The Morgan fingerprint density at radius 1 is 1.56 bits per heavy atom.